The maximum absolute atomic E-state index is 11.8. The summed E-state index contributed by atoms with van der Waals surface area (Å²) in [7, 11) is 3.70. The number of aliphatic hydroxyl groups is 1. The molecule has 0 spiro atoms. The van der Waals surface area contributed by atoms with Gasteiger partial charge in [-0.25, -0.2) is 4.98 Å². The van der Waals surface area contributed by atoms with Gasteiger partial charge in [0.2, 0.25) is 0 Å². The van der Waals surface area contributed by atoms with E-state index in [-0.39, 0.29) is 5.91 Å². The third-order valence-corrected chi connectivity index (χ3v) is 4.82. The first-order chi connectivity index (χ1) is 9.99. The van der Waals surface area contributed by atoms with Gasteiger partial charge in [-0.15, -0.1) is 11.3 Å². The van der Waals surface area contributed by atoms with Gasteiger partial charge in [-0.2, -0.15) is 0 Å². The summed E-state index contributed by atoms with van der Waals surface area (Å²) in [6.45, 7) is 2.78. The molecule has 6 heteroatoms. The van der Waals surface area contributed by atoms with Crippen molar-refractivity contribution in [2.75, 3.05) is 23.9 Å². The molecule has 1 amide bonds. The number of anilines is 2. The second-order valence-electron chi connectivity index (χ2n) is 5.26. The van der Waals surface area contributed by atoms with Crippen LogP contribution in [0.2, 0.25) is 0 Å². The predicted molar refractivity (Wildman–Crippen MR) is 83.8 cm³/mol. The number of aryl methyl sites for hydroxylation is 1. The number of likely N-dealkylation sites (N-methyl/N-ethyl adjacent to an activating group) is 1. The number of carbonyl (C=O) groups is 1. The van der Waals surface area contributed by atoms with Crippen molar-refractivity contribution in [2.24, 2.45) is 0 Å². The van der Waals surface area contributed by atoms with Gasteiger partial charge in [-0.3, -0.25) is 4.79 Å². The standard InChI is InChI=1S/C15H17N3O2S/c1-9-13(21-8-16-9)7-17(2)10-4-5-11-12(6-10)18(3)15(20)14(11)19/h4-6,8,14,19H,7H2,1-3H3. The lowest BCUT2D eigenvalue weighted by atomic mass is 10.1. The van der Waals surface area contributed by atoms with Crippen molar-refractivity contribution < 1.29 is 9.90 Å². The number of rotatable bonds is 3. The van der Waals surface area contributed by atoms with Crippen LogP contribution in [0.25, 0.3) is 0 Å². The van der Waals surface area contributed by atoms with E-state index in [0.29, 0.717) is 5.56 Å². The van der Waals surface area contributed by atoms with E-state index in [9.17, 15) is 9.90 Å². The summed E-state index contributed by atoms with van der Waals surface area (Å²) in [5.41, 5.74) is 5.36. The molecule has 1 unspecified atom stereocenters. The molecule has 1 aliphatic heterocycles. The zero-order valence-electron chi connectivity index (χ0n) is 12.2. The lowest BCUT2D eigenvalue weighted by Gasteiger charge is -2.20. The average Bonchev–Trinajstić information content (AvgIpc) is 2.97. The first-order valence-electron chi connectivity index (χ1n) is 6.68. The van der Waals surface area contributed by atoms with Gasteiger partial charge in [0.15, 0.2) is 6.10 Å². The normalized spacial score (nSPS) is 17.2. The molecule has 21 heavy (non-hydrogen) atoms. The predicted octanol–water partition coefficient (Wildman–Crippen LogP) is 2.10. The number of hydrogen-bond donors (Lipinski definition) is 1. The maximum atomic E-state index is 11.8. The molecule has 2 heterocycles. The van der Waals surface area contributed by atoms with Gasteiger partial charge in [-0.05, 0) is 19.1 Å². The molecule has 5 nitrogen and oxygen atoms in total. The van der Waals surface area contributed by atoms with Crippen LogP contribution in [-0.2, 0) is 11.3 Å². The Balaban J connectivity index is 1.88. The smallest absolute Gasteiger partial charge is 0.260 e. The molecule has 2 aromatic rings. The number of hydrogen-bond acceptors (Lipinski definition) is 5. The molecule has 1 atom stereocenters. The lowest BCUT2D eigenvalue weighted by molar-refractivity contribution is -0.125. The summed E-state index contributed by atoms with van der Waals surface area (Å²) >= 11 is 1.64. The fourth-order valence-electron chi connectivity index (χ4n) is 2.51. The fraction of sp³-hybridized carbons (Fsp3) is 0.333. The first kappa shape index (κ1) is 14.0. The fourth-order valence-corrected chi connectivity index (χ4v) is 3.34. The van der Waals surface area contributed by atoms with E-state index in [4.69, 9.17) is 0 Å². The van der Waals surface area contributed by atoms with Crippen LogP contribution >= 0.6 is 11.3 Å². The minimum absolute atomic E-state index is 0.275. The van der Waals surface area contributed by atoms with Crippen LogP contribution < -0.4 is 9.80 Å². The molecule has 1 aromatic carbocycles. The average molecular weight is 303 g/mol. The van der Waals surface area contributed by atoms with Crippen molar-refractivity contribution in [3.8, 4) is 0 Å². The molecule has 1 aromatic heterocycles. The number of fused-ring (bicyclic) bond motifs is 1. The highest BCUT2D eigenvalue weighted by Gasteiger charge is 2.33. The second-order valence-corrected chi connectivity index (χ2v) is 6.20. The molecule has 0 radical (unpaired) electrons. The first-order valence-corrected chi connectivity index (χ1v) is 7.56. The molecule has 110 valence electrons. The number of carbonyl (C=O) groups excluding carboxylic acids is 1. The van der Waals surface area contributed by atoms with Crippen LogP contribution in [-0.4, -0.2) is 30.1 Å². The van der Waals surface area contributed by atoms with E-state index in [1.807, 2.05) is 37.7 Å². The SMILES string of the molecule is Cc1ncsc1CN(C)c1ccc2c(c1)N(C)C(=O)C2O. The Labute approximate surface area is 127 Å². The minimum atomic E-state index is -1.03. The van der Waals surface area contributed by atoms with Crippen LogP contribution in [0.15, 0.2) is 23.7 Å². The van der Waals surface area contributed by atoms with Gasteiger partial charge >= 0.3 is 0 Å². The maximum Gasteiger partial charge on any atom is 0.260 e. The summed E-state index contributed by atoms with van der Waals surface area (Å²) in [6.07, 6.45) is -1.03. The highest BCUT2D eigenvalue weighted by atomic mass is 32.1. The number of nitrogens with zero attached hydrogens (tertiary/aromatic N) is 3. The van der Waals surface area contributed by atoms with E-state index >= 15 is 0 Å². The Bertz CT molecular complexity index is 698. The van der Waals surface area contributed by atoms with E-state index < -0.39 is 6.10 Å². The van der Waals surface area contributed by atoms with Crippen molar-refractivity contribution in [2.45, 2.75) is 19.6 Å². The van der Waals surface area contributed by atoms with Crippen LogP contribution in [0.1, 0.15) is 22.2 Å². The quantitative estimate of drug-likeness (QED) is 0.943. The minimum Gasteiger partial charge on any atom is -0.378 e. The molecule has 1 aliphatic rings. The molecule has 0 saturated heterocycles. The van der Waals surface area contributed by atoms with E-state index in [0.717, 1.165) is 23.6 Å². The van der Waals surface area contributed by atoms with Crippen LogP contribution in [0.4, 0.5) is 11.4 Å². The Hall–Kier alpha value is -1.92. The molecule has 0 aliphatic carbocycles. The van der Waals surface area contributed by atoms with Gasteiger partial charge in [0, 0.05) is 30.2 Å². The summed E-state index contributed by atoms with van der Waals surface area (Å²) in [6, 6.07) is 5.71. The largest absolute Gasteiger partial charge is 0.378 e. The Morgan fingerprint density at radius 1 is 1.48 bits per heavy atom. The van der Waals surface area contributed by atoms with E-state index in [1.54, 1.807) is 18.4 Å². The topological polar surface area (TPSA) is 56.7 Å². The van der Waals surface area contributed by atoms with Gasteiger partial charge in [0.25, 0.3) is 5.91 Å². The summed E-state index contributed by atoms with van der Waals surface area (Å²) in [5.74, 6) is -0.275. The highest BCUT2D eigenvalue weighted by Crippen LogP contribution is 2.37. The van der Waals surface area contributed by atoms with Crippen molar-refractivity contribution >= 4 is 28.6 Å². The molecule has 0 fully saturated rings. The number of aliphatic hydroxyl groups excluding tert-OH is 1. The monoisotopic (exact) mass is 303 g/mol. The number of aromatic nitrogens is 1. The summed E-state index contributed by atoms with van der Waals surface area (Å²) in [5, 5.41) is 9.88. The summed E-state index contributed by atoms with van der Waals surface area (Å²) < 4.78 is 0. The van der Waals surface area contributed by atoms with Gasteiger partial charge < -0.3 is 14.9 Å². The van der Waals surface area contributed by atoms with Crippen molar-refractivity contribution in [1.29, 1.82) is 0 Å². The van der Waals surface area contributed by atoms with E-state index in [1.165, 1.54) is 9.78 Å². The zero-order chi connectivity index (χ0) is 15.1. The molecular formula is C15H17N3O2S. The van der Waals surface area contributed by atoms with Crippen molar-refractivity contribution in [3.63, 3.8) is 0 Å². The van der Waals surface area contributed by atoms with Crippen LogP contribution in [0, 0.1) is 6.92 Å². The van der Waals surface area contributed by atoms with Gasteiger partial charge in [0.1, 0.15) is 0 Å². The van der Waals surface area contributed by atoms with Gasteiger partial charge in [0.05, 0.1) is 23.4 Å². The second kappa shape index (κ2) is 5.13. The van der Waals surface area contributed by atoms with Crippen molar-refractivity contribution in [3.05, 3.63) is 39.8 Å². The van der Waals surface area contributed by atoms with Crippen LogP contribution in [0.3, 0.4) is 0 Å². The number of thiazole rings is 1. The third kappa shape index (κ3) is 2.30. The molecular weight excluding hydrogens is 286 g/mol. The number of amides is 1. The van der Waals surface area contributed by atoms with Crippen molar-refractivity contribution in [1.82, 2.24) is 4.98 Å². The van der Waals surface area contributed by atoms with Crippen LogP contribution in [0.5, 0.6) is 0 Å². The Morgan fingerprint density at radius 2 is 2.24 bits per heavy atom. The van der Waals surface area contributed by atoms with E-state index in [2.05, 4.69) is 9.88 Å². The Morgan fingerprint density at radius 3 is 2.90 bits per heavy atom. The zero-order valence-corrected chi connectivity index (χ0v) is 13.0. The number of benzene rings is 1. The Kier molecular flexibility index (Phi) is 3.43. The summed E-state index contributed by atoms with van der Waals surface area (Å²) in [4.78, 5) is 20.9. The molecule has 3 rings (SSSR count). The lowest BCUT2D eigenvalue weighted by Crippen LogP contribution is -2.23. The molecule has 0 saturated carbocycles. The molecule has 0 bridgehead atoms. The third-order valence-electron chi connectivity index (χ3n) is 3.90. The molecule has 1 N–H and O–H groups in total. The van der Waals surface area contributed by atoms with Gasteiger partial charge in [-0.1, -0.05) is 6.07 Å². The highest BCUT2D eigenvalue weighted by molar-refractivity contribution is 7.09.